The van der Waals surface area contributed by atoms with Crippen LogP contribution < -0.4 is 0 Å². The molecule has 2 nitrogen and oxygen atoms in total. The monoisotopic (exact) mass is 179 g/mol. The standard InChI is InChI=1S/C10H10FNO/c11-9-3-8(4-12-5-9)10(6-13-10)7-1-2-7/h3-5,7H,1-2,6H2. The number of hydrogen-bond acceptors (Lipinski definition) is 2. The summed E-state index contributed by atoms with van der Waals surface area (Å²) in [6.45, 7) is 0.739. The molecule has 13 heavy (non-hydrogen) atoms. The van der Waals surface area contributed by atoms with E-state index in [4.69, 9.17) is 4.74 Å². The number of aromatic nitrogens is 1. The van der Waals surface area contributed by atoms with Crippen LogP contribution in [-0.4, -0.2) is 11.6 Å². The third kappa shape index (κ3) is 1.07. The van der Waals surface area contributed by atoms with Crippen molar-refractivity contribution in [1.29, 1.82) is 0 Å². The fraction of sp³-hybridized carbons (Fsp3) is 0.500. The van der Waals surface area contributed by atoms with Crippen LogP contribution in [-0.2, 0) is 10.3 Å². The van der Waals surface area contributed by atoms with Gasteiger partial charge in [-0.15, -0.1) is 0 Å². The summed E-state index contributed by atoms with van der Waals surface area (Å²) in [7, 11) is 0. The molecule has 1 atom stereocenters. The molecule has 0 spiro atoms. The highest BCUT2D eigenvalue weighted by Gasteiger charge is 2.57. The number of rotatable bonds is 2. The molecule has 0 amide bonds. The van der Waals surface area contributed by atoms with Crippen molar-refractivity contribution < 1.29 is 9.13 Å². The Morgan fingerprint density at radius 3 is 2.77 bits per heavy atom. The molecule has 68 valence electrons. The second-order valence-corrected chi connectivity index (χ2v) is 3.84. The van der Waals surface area contributed by atoms with Crippen molar-refractivity contribution >= 4 is 0 Å². The number of nitrogens with zero attached hydrogens (tertiary/aromatic N) is 1. The molecule has 0 radical (unpaired) electrons. The average molecular weight is 179 g/mol. The van der Waals surface area contributed by atoms with Crippen LogP contribution in [0.1, 0.15) is 18.4 Å². The quantitative estimate of drug-likeness (QED) is 0.647. The Balaban J connectivity index is 1.99. The van der Waals surface area contributed by atoms with E-state index in [2.05, 4.69) is 4.98 Å². The van der Waals surface area contributed by atoms with Crippen molar-refractivity contribution in [3.05, 3.63) is 29.8 Å². The summed E-state index contributed by atoms with van der Waals surface area (Å²) in [5.74, 6) is 0.337. The Bertz CT molecular complexity index is 345. The van der Waals surface area contributed by atoms with Crippen LogP contribution in [0.25, 0.3) is 0 Å². The van der Waals surface area contributed by atoms with Crippen molar-refractivity contribution in [2.45, 2.75) is 18.4 Å². The zero-order chi connectivity index (χ0) is 8.89. The second-order valence-electron chi connectivity index (χ2n) is 3.84. The summed E-state index contributed by atoms with van der Waals surface area (Å²) in [6.07, 6.45) is 5.36. The van der Waals surface area contributed by atoms with E-state index in [1.165, 1.54) is 19.0 Å². The molecule has 1 aliphatic carbocycles. The Morgan fingerprint density at radius 1 is 1.46 bits per heavy atom. The zero-order valence-corrected chi connectivity index (χ0v) is 7.16. The SMILES string of the molecule is Fc1cncc(C2(C3CC3)CO2)c1. The van der Waals surface area contributed by atoms with Crippen LogP contribution >= 0.6 is 0 Å². The maximum absolute atomic E-state index is 12.9. The molecule has 2 aliphatic rings. The summed E-state index contributed by atoms with van der Waals surface area (Å²) >= 11 is 0. The maximum atomic E-state index is 12.9. The lowest BCUT2D eigenvalue weighted by molar-refractivity contribution is 0.277. The molecule has 2 fully saturated rings. The highest BCUT2D eigenvalue weighted by molar-refractivity contribution is 5.27. The molecule has 0 bridgehead atoms. The molecule has 3 rings (SSSR count). The summed E-state index contributed by atoms with van der Waals surface area (Å²) in [5, 5.41) is 0. The minimum Gasteiger partial charge on any atom is -0.364 e. The second kappa shape index (κ2) is 2.29. The van der Waals surface area contributed by atoms with Crippen LogP contribution in [0.5, 0.6) is 0 Å². The van der Waals surface area contributed by atoms with E-state index in [1.807, 2.05) is 0 Å². The van der Waals surface area contributed by atoms with Crippen molar-refractivity contribution in [1.82, 2.24) is 4.98 Å². The third-order valence-electron chi connectivity index (χ3n) is 2.89. The number of hydrogen-bond donors (Lipinski definition) is 0. The highest BCUT2D eigenvalue weighted by Crippen LogP contribution is 2.55. The van der Waals surface area contributed by atoms with Gasteiger partial charge in [-0.2, -0.15) is 0 Å². The van der Waals surface area contributed by atoms with Crippen LogP contribution in [0.3, 0.4) is 0 Å². The van der Waals surface area contributed by atoms with E-state index in [1.54, 1.807) is 12.3 Å². The van der Waals surface area contributed by atoms with E-state index in [9.17, 15) is 4.39 Å². The molecule has 3 heteroatoms. The Labute approximate surface area is 75.7 Å². The first-order chi connectivity index (χ1) is 6.31. The van der Waals surface area contributed by atoms with Gasteiger partial charge in [-0.05, 0) is 24.8 Å². The lowest BCUT2D eigenvalue weighted by atomic mass is 9.97. The largest absolute Gasteiger partial charge is 0.364 e. The number of ether oxygens (including phenoxy) is 1. The summed E-state index contributed by atoms with van der Waals surface area (Å²) in [5.41, 5.74) is 0.754. The lowest BCUT2D eigenvalue weighted by Crippen LogP contribution is -2.11. The molecule has 1 unspecified atom stereocenters. The first-order valence-electron chi connectivity index (χ1n) is 4.56. The van der Waals surface area contributed by atoms with Gasteiger partial charge in [0.15, 0.2) is 0 Å². The topological polar surface area (TPSA) is 25.4 Å². The first kappa shape index (κ1) is 7.44. The predicted octanol–water partition coefficient (Wildman–Crippen LogP) is 1.86. The van der Waals surface area contributed by atoms with E-state index in [0.29, 0.717) is 5.92 Å². The van der Waals surface area contributed by atoms with E-state index in [-0.39, 0.29) is 11.4 Å². The van der Waals surface area contributed by atoms with Gasteiger partial charge in [-0.1, -0.05) is 0 Å². The first-order valence-corrected chi connectivity index (χ1v) is 4.56. The van der Waals surface area contributed by atoms with Gasteiger partial charge in [-0.3, -0.25) is 4.98 Å². The Hall–Kier alpha value is -0.960. The van der Waals surface area contributed by atoms with Crippen LogP contribution in [0.2, 0.25) is 0 Å². The average Bonchev–Trinajstić information content (AvgIpc) is 2.99. The molecule has 2 heterocycles. The molecular weight excluding hydrogens is 169 g/mol. The van der Waals surface area contributed by atoms with E-state index in [0.717, 1.165) is 12.2 Å². The molecule has 0 aromatic carbocycles. The highest BCUT2D eigenvalue weighted by atomic mass is 19.1. The van der Waals surface area contributed by atoms with Crippen LogP contribution in [0.15, 0.2) is 18.5 Å². The van der Waals surface area contributed by atoms with Gasteiger partial charge in [0.1, 0.15) is 11.4 Å². The number of pyridine rings is 1. The van der Waals surface area contributed by atoms with Crippen molar-refractivity contribution in [2.75, 3.05) is 6.61 Å². The van der Waals surface area contributed by atoms with Gasteiger partial charge in [0.05, 0.1) is 12.8 Å². The van der Waals surface area contributed by atoms with Crippen LogP contribution in [0, 0.1) is 11.7 Å². The van der Waals surface area contributed by atoms with Gasteiger partial charge in [-0.25, -0.2) is 4.39 Å². The third-order valence-corrected chi connectivity index (χ3v) is 2.89. The minimum absolute atomic E-state index is 0.158. The Kier molecular flexibility index (Phi) is 1.31. The van der Waals surface area contributed by atoms with Gasteiger partial charge in [0.25, 0.3) is 0 Å². The summed E-state index contributed by atoms with van der Waals surface area (Å²) < 4.78 is 18.3. The zero-order valence-electron chi connectivity index (χ0n) is 7.16. The molecule has 0 N–H and O–H groups in total. The molecule has 1 aromatic rings. The van der Waals surface area contributed by atoms with E-state index < -0.39 is 0 Å². The molecule has 1 saturated carbocycles. The predicted molar refractivity (Wildman–Crippen MR) is 44.5 cm³/mol. The Morgan fingerprint density at radius 2 is 2.23 bits per heavy atom. The van der Waals surface area contributed by atoms with Gasteiger partial charge in [0, 0.05) is 11.8 Å². The van der Waals surface area contributed by atoms with Crippen molar-refractivity contribution in [3.63, 3.8) is 0 Å². The number of epoxide rings is 1. The summed E-state index contributed by atoms with van der Waals surface area (Å²) in [4.78, 5) is 3.85. The van der Waals surface area contributed by atoms with Crippen molar-refractivity contribution in [2.24, 2.45) is 5.92 Å². The van der Waals surface area contributed by atoms with Crippen molar-refractivity contribution in [3.8, 4) is 0 Å². The van der Waals surface area contributed by atoms with Gasteiger partial charge >= 0.3 is 0 Å². The fourth-order valence-electron chi connectivity index (χ4n) is 1.91. The van der Waals surface area contributed by atoms with Gasteiger partial charge in [0.2, 0.25) is 0 Å². The molecule has 1 aliphatic heterocycles. The molecule has 1 aromatic heterocycles. The smallest absolute Gasteiger partial charge is 0.141 e. The molecular formula is C10H10FNO. The lowest BCUT2D eigenvalue weighted by Gasteiger charge is -2.09. The molecule has 1 saturated heterocycles. The number of halogens is 1. The van der Waals surface area contributed by atoms with Crippen LogP contribution in [0.4, 0.5) is 4.39 Å². The normalized spacial score (nSPS) is 31.8. The van der Waals surface area contributed by atoms with E-state index >= 15 is 0 Å². The maximum Gasteiger partial charge on any atom is 0.141 e. The minimum atomic E-state index is -0.270. The fourth-order valence-corrected chi connectivity index (χ4v) is 1.91. The van der Waals surface area contributed by atoms with Gasteiger partial charge < -0.3 is 4.74 Å². The summed E-state index contributed by atoms with van der Waals surface area (Å²) in [6, 6.07) is 1.54.